The van der Waals surface area contributed by atoms with Gasteiger partial charge in [0.15, 0.2) is 6.29 Å². The van der Waals surface area contributed by atoms with Gasteiger partial charge in [-0.05, 0) is 11.5 Å². The van der Waals surface area contributed by atoms with Crippen LogP contribution in [0.15, 0.2) is 48.7 Å². The molecule has 3 heteroatoms. The number of hydrogen-bond donors (Lipinski definition) is 0. The van der Waals surface area contributed by atoms with Crippen molar-refractivity contribution in [2.75, 3.05) is 0 Å². The highest BCUT2D eigenvalue weighted by molar-refractivity contribution is 6.37. The summed E-state index contributed by atoms with van der Waals surface area (Å²) < 4.78 is 0. The third-order valence-corrected chi connectivity index (χ3v) is 2.99. The van der Waals surface area contributed by atoms with E-state index >= 15 is 0 Å². The first-order valence-corrected chi connectivity index (χ1v) is 5.57. The number of ketones is 1. The Morgan fingerprint density at radius 1 is 1.06 bits per heavy atom. The number of rotatable bonds is 2. The Morgan fingerprint density at radius 2 is 1.89 bits per heavy atom. The van der Waals surface area contributed by atoms with Crippen LogP contribution in [-0.2, 0) is 4.79 Å². The fourth-order valence-corrected chi connectivity index (χ4v) is 2.18. The number of carbonyl (C=O) groups excluding carboxylic acids is 2. The van der Waals surface area contributed by atoms with E-state index in [4.69, 9.17) is 0 Å². The van der Waals surface area contributed by atoms with Crippen LogP contribution in [0.4, 0.5) is 0 Å². The van der Waals surface area contributed by atoms with Gasteiger partial charge >= 0.3 is 0 Å². The molecule has 0 unspecified atom stereocenters. The average Bonchev–Trinajstić information content (AvgIpc) is 2.45. The van der Waals surface area contributed by atoms with Gasteiger partial charge in [0.2, 0.25) is 5.78 Å². The molecule has 0 bridgehead atoms. The fourth-order valence-electron chi connectivity index (χ4n) is 2.18. The summed E-state index contributed by atoms with van der Waals surface area (Å²) in [6, 6.07) is 12.9. The molecule has 86 valence electrons. The third kappa shape index (κ3) is 1.49. The Hall–Kier alpha value is -2.55. The first kappa shape index (κ1) is 10.6. The van der Waals surface area contributed by atoms with Crippen molar-refractivity contribution in [3.05, 3.63) is 54.2 Å². The van der Waals surface area contributed by atoms with Crippen molar-refractivity contribution >= 4 is 33.7 Å². The van der Waals surface area contributed by atoms with Gasteiger partial charge in [0.1, 0.15) is 0 Å². The number of pyridine rings is 1. The molecule has 0 aliphatic carbocycles. The second kappa shape index (κ2) is 4.04. The van der Waals surface area contributed by atoms with Crippen molar-refractivity contribution in [2.45, 2.75) is 0 Å². The van der Waals surface area contributed by atoms with E-state index in [1.807, 2.05) is 30.3 Å². The van der Waals surface area contributed by atoms with E-state index in [2.05, 4.69) is 4.98 Å². The molecule has 0 saturated carbocycles. The van der Waals surface area contributed by atoms with Crippen molar-refractivity contribution in [3.63, 3.8) is 0 Å². The van der Waals surface area contributed by atoms with E-state index in [0.717, 1.165) is 21.7 Å². The molecule has 1 aromatic heterocycles. The molecule has 3 aromatic rings. The summed E-state index contributed by atoms with van der Waals surface area (Å²) in [5, 5.41) is 2.64. The number of fused-ring (bicyclic) bond motifs is 3. The number of aromatic nitrogens is 1. The van der Waals surface area contributed by atoms with Gasteiger partial charge < -0.3 is 0 Å². The maximum Gasteiger partial charge on any atom is 0.226 e. The highest BCUT2D eigenvalue weighted by Crippen LogP contribution is 2.26. The molecule has 0 spiro atoms. The molecule has 0 aliphatic heterocycles. The second-order valence-corrected chi connectivity index (χ2v) is 4.03. The molecule has 18 heavy (non-hydrogen) atoms. The van der Waals surface area contributed by atoms with Gasteiger partial charge in [-0.25, -0.2) is 0 Å². The van der Waals surface area contributed by atoms with E-state index in [1.54, 1.807) is 18.3 Å². The van der Waals surface area contributed by atoms with Gasteiger partial charge in [0, 0.05) is 22.5 Å². The van der Waals surface area contributed by atoms with Crippen molar-refractivity contribution in [1.29, 1.82) is 0 Å². The van der Waals surface area contributed by atoms with Crippen LogP contribution < -0.4 is 0 Å². The van der Waals surface area contributed by atoms with Crippen LogP contribution in [0.3, 0.4) is 0 Å². The number of carbonyl (C=O) groups is 2. The van der Waals surface area contributed by atoms with E-state index < -0.39 is 5.78 Å². The van der Waals surface area contributed by atoms with Crippen LogP contribution in [0.5, 0.6) is 0 Å². The first-order valence-electron chi connectivity index (χ1n) is 5.57. The van der Waals surface area contributed by atoms with Gasteiger partial charge in [-0.2, -0.15) is 0 Å². The zero-order valence-electron chi connectivity index (χ0n) is 9.46. The van der Waals surface area contributed by atoms with E-state index in [0.29, 0.717) is 11.8 Å². The predicted octanol–water partition coefficient (Wildman–Crippen LogP) is 2.77. The maximum absolute atomic E-state index is 11.7. The SMILES string of the molecule is O=CC(=O)c1cccc2ncc3ccccc3c12. The molecule has 0 amide bonds. The van der Waals surface area contributed by atoms with E-state index in [-0.39, 0.29) is 0 Å². The lowest BCUT2D eigenvalue weighted by atomic mass is 10.00. The zero-order chi connectivity index (χ0) is 12.5. The molecular formula is C15H9NO2. The second-order valence-electron chi connectivity index (χ2n) is 4.03. The lowest BCUT2D eigenvalue weighted by molar-refractivity contribution is -0.104. The van der Waals surface area contributed by atoms with Gasteiger partial charge in [0.25, 0.3) is 0 Å². The average molecular weight is 235 g/mol. The lowest BCUT2D eigenvalue weighted by Gasteiger charge is -2.06. The molecule has 0 saturated heterocycles. The van der Waals surface area contributed by atoms with Crippen LogP contribution in [0, 0.1) is 0 Å². The summed E-state index contributed by atoms with van der Waals surface area (Å²) in [6.45, 7) is 0. The standard InChI is InChI=1S/C15H9NO2/c17-9-14(18)12-6-3-7-13-15(12)11-5-2-1-4-10(11)8-16-13/h1-9H. The maximum atomic E-state index is 11.7. The number of benzene rings is 2. The fraction of sp³-hybridized carbons (Fsp3) is 0. The Bertz CT molecular complexity index is 778. The molecule has 2 aromatic carbocycles. The summed E-state index contributed by atoms with van der Waals surface area (Å²) in [4.78, 5) is 26.7. The minimum atomic E-state index is -0.515. The number of hydrogen-bond acceptors (Lipinski definition) is 3. The molecule has 0 aliphatic rings. The lowest BCUT2D eigenvalue weighted by Crippen LogP contribution is -2.01. The molecule has 0 fully saturated rings. The number of Topliss-reactive ketones (excluding diaryl/α,β-unsaturated/α-hetero) is 1. The quantitative estimate of drug-likeness (QED) is 0.297. The predicted molar refractivity (Wildman–Crippen MR) is 69.6 cm³/mol. The third-order valence-electron chi connectivity index (χ3n) is 2.99. The van der Waals surface area contributed by atoms with Crippen LogP contribution in [-0.4, -0.2) is 17.1 Å². The summed E-state index contributed by atoms with van der Waals surface area (Å²) >= 11 is 0. The normalized spacial score (nSPS) is 10.7. The van der Waals surface area contributed by atoms with Gasteiger partial charge in [-0.15, -0.1) is 0 Å². The van der Waals surface area contributed by atoms with Gasteiger partial charge in [-0.1, -0.05) is 36.4 Å². The minimum Gasteiger partial charge on any atom is -0.294 e. The Morgan fingerprint density at radius 3 is 2.72 bits per heavy atom. The molecule has 1 heterocycles. The Balaban J connectivity index is 2.54. The molecule has 3 rings (SSSR count). The van der Waals surface area contributed by atoms with Crippen LogP contribution >= 0.6 is 0 Å². The summed E-state index contributed by atoms with van der Waals surface area (Å²) in [7, 11) is 0. The Kier molecular flexibility index (Phi) is 2.38. The largest absolute Gasteiger partial charge is 0.294 e. The summed E-state index contributed by atoms with van der Waals surface area (Å²) in [5.41, 5.74) is 1.13. The topological polar surface area (TPSA) is 47.0 Å². The molecule has 3 nitrogen and oxygen atoms in total. The smallest absolute Gasteiger partial charge is 0.226 e. The number of nitrogens with zero attached hydrogens (tertiary/aromatic N) is 1. The highest BCUT2D eigenvalue weighted by Gasteiger charge is 2.11. The van der Waals surface area contributed by atoms with Crippen LogP contribution in [0.25, 0.3) is 21.7 Å². The zero-order valence-corrected chi connectivity index (χ0v) is 9.46. The number of aldehydes is 1. The van der Waals surface area contributed by atoms with Gasteiger partial charge in [0.05, 0.1) is 5.52 Å². The first-order chi connectivity index (χ1) is 8.81. The van der Waals surface area contributed by atoms with Crippen molar-refractivity contribution in [3.8, 4) is 0 Å². The monoisotopic (exact) mass is 235 g/mol. The van der Waals surface area contributed by atoms with E-state index in [1.165, 1.54) is 0 Å². The van der Waals surface area contributed by atoms with Crippen LogP contribution in [0.1, 0.15) is 10.4 Å². The minimum absolute atomic E-state index is 0.344. The molecular weight excluding hydrogens is 226 g/mol. The van der Waals surface area contributed by atoms with Crippen LogP contribution in [0.2, 0.25) is 0 Å². The van der Waals surface area contributed by atoms with E-state index in [9.17, 15) is 9.59 Å². The summed E-state index contributed by atoms with van der Waals surface area (Å²) in [6.07, 6.45) is 2.11. The molecule has 0 radical (unpaired) electrons. The van der Waals surface area contributed by atoms with Crippen molar-refractivity contribution in [1.82, 2.24) is 4.98 Å². The Labute approximate surface area is 103 Å². The molecule has 0 N–H and O–H groups in total. The van der Waals surface area contributed by atoms with Crippen molar-refractivity contribution in [2.24, 2.45) is 0 Å². The van der Waals surface area contributed by atoms with Gasteiger partial charge in [-0.3, -0.25) is 14.6 Å². The molecule has 0 atom stereocenters. The summed E-state index contributed by atoms with van der Waals surface area (Å²) in [5.74, 6) is -0.515. The highest BCUT2D eigenvalue weighted by atomic mass is 16.2. The van der Waals surface area contributed by atoms with Crippen molar-refractivity contribution < 1.29 is 9.59 Å².